The monoisotopic (exact) mass is 537 g/mol. The smallest absolute Gasteiger partial charge is 0.227 e. The van der Waals surface area contributed by atoms with Crippen LogP contribution in [0.3, 0.4) is 0 Å². The summed E-state index contributed by atoms with van der Waals surface area (Å²) in [5, 5.41) is 20.2. The van der Waals surface area contributed by atoms with Crippen molar-refractivity contribution in [2.24, 2.45) is 5.92 Å². The van der Waals surface area contributed by atoms with Crippen LogP contribution in [0.1, 0.15) is 46.8 Å². The topological polar surface area (TPSA) is 100 Å². The number of alkyl halides is 1. The minimum Gasteiger partial charge on any atom is -0.383 e. The highest BCUT2D eigenvalue weighted by Gasteiger charge is 2.39. The molecule has 0 saturated heterocycles. The minimum atomic E-state index is -1.03. The first-order chi connectivity index (χ1) is 17.9. The molecule has 4 aromatic rings. The average Bonchev–Trinajstić information content (AvgIpc) is 3.61. The summed E-state index contributed by atoms with van der Waals surface area (Å²) in [6.07, 6.45) is 5.56. The van der Waals surface area contributed by atoms with Gasteiger partial charge in [-0.1, -0.05) is 12.1 Å². The zero-order valence-corrected chi connectivity index (χ0v) is 22.0. The van der Waals surface area contributed by atoms with E-state index in [1.54, 1.807) is 23.6 Å². The van der Waals surface area contributed by atoms with E-state index in [0.29, 0.717) is 48.9 Å². The molecule has 3 heterocycles. The number of anilines is 2. The third-order valence-corrected chi connectivity index (χ3v) is 8.69. The molecule has 3 N–H and O–H groups in total. The molecule has 0 atom stereocenters. The van der Waals surface area contributed by atoms with E-state index in [0.717, 1.165) is 26.6 Å². The Morgan fingerprint density at radius 2 is 2.05 bits per heavy atom. The third-order valence-electron chi connectivity index (χ3n) is 6.57. The van der Waals surface area contributed by atoms with Gasteiger partial charge in [0.25, 0.3) is 0 Å². The van der Waals surface area contributed by atoms with Crippen LogP contribution in [0.25, 0.3) is 10.4 Å². The molecular formula is C27H28FN5O2S2. The molecule has 1 aromatic carbocycles. The third kappa shape index (κ3) is 6.03. The van der Waals surface area contributed by atoms with Crippen molar-refractivity contribution in [2.45, 2.75) is 51.4 Å². The molecule has 1 aliphatic rings. The second kappa shape index (κ2) is 11.0. The maximum Gasteiger partial charge on any atom is 0.227 e. The summed E-state index contributed by atoms with van der Waals surface area (Å²) < 4.78 is 13.0. The maximum atomic E-state index is 13.0. The van der Waals surface area contributed by atoms with Gasteiger partial charge in [-0.2, -0.15) is 0 Å². The van der Waals surface area contributed by atoms with Gasteiger partial charge in [-0.15, -0.1) is 22.7 Å². The lowest BCUT2D eigenvalue weighted by molar-refractivity contribution is -0.128. The van der Waals surface area contributed by atoms with Crippen molar-refractivity contribution in [2.75, 3.05) is 5.32 Å². The number of thiazole rings is 1. The highest BCUT2D eigenvalue weighted by Crippen LogP contribution is 2.43. The van der Waals surface area contributed by atoms with Gasteiger partial charge in [0.05, 0.1) is 17.1 Å². The van der Waals surface area contributed by atoms with Gasteiger partial charge in [-0.3, -0.25) is 4.79 Å². The fourth-order valence-electron chi connectivity index (χ4n) is 4.58. The van der Waals surface area contributed by atoms with E-state index in [2.05, 4.69) is 31.7 Å². The predicted octanol–water partition coefficient (Wildman–Crippen LogP) is 5.88. The summed E-state index contributed by atoms with van der Waals surface area (Å²) in [4.78, 5) is 27.6. The van der Waals surface area contributed by atoms with Crippen LogP contribution in [0.2, 0.25) is 0 Å². The first-order valence-corrected chi connectivity index (χ1v) is 13.9. The Labute approximate surface area is 222 Å². The van der Waals surface area contributed by atoms with Crippen molar-refractivity contribution in [3.8, 4) is 10.4 Å². The summed E-state index contributed by atoms with van der Waals surface area (Å²) in [7, 11) is 0. The van der Waals surface area contributed by atoms with Gasteiger partial charge in [0.15, 0.2) is 0 Å². The number of amides is 1. The van der Waals surface area contributed by atoms with Crippen molar-refractivity contribution in [3.05, 3.63) is 75.3 Å². The SMILES string of the molecule is Cc1cc(Nc2nccc(CF)n2)cc(-c2cnc(C3(O)CCC(C(=O)NCc4cccs4)CC3)s2)c1. The van der Waals surface area contributed by atoms with Crippen molar-refractivity contribution < 1.29 is 14.3 Å². The number of carbonyl (C=O) groups excluding carboxylic acids is 1. The normalized spacial score (nSPS) is 19.5. The molecule has 37 heavy (non-hydrogen) atoms. The largest absolute Gasteiger partial charge is 0.383 e. The first kappa shape index (κ1) is 25.4. The molecule has 7 nitrogen and oxygen atoms in total. The quantitative estimate of drug-likeness (QED) is 0.260. The Kier molecular flexibility index (Phi) is 7.59. The molecule has 0 aliphatic heterocycles. The summed E-state index contributed by atoms with van der Waals surface area (Å²) in [6, 6.07) is 11.5. The van der Waals surface area contributed by atoms with Crippen molar-refractivity contribution in [1.29, 1.82) is 0 Å². The molecule has 0 bridgehead atoms. The zero-order chi connectivity index (χ0) is 25.8. The maximum absolute atomic E-state index is 13.0. The molecule has 0 radical (unpaired) electrons. The molecule has 5 rings (SSSR count). The van der Waals surface area contributed by atoms with Gasteiger partial charge in [-0.25, -0.2) is 19.3 Å². The Morgan fingerprint density at radius 3 is 2.81 bits per heavy atom. The van der Waals surface area contributed by atoms with E-state index in [9.17, 15) is 14.3 Å². The summed E-state index contributed by atoms with van der Waals surface area (Å²) in [5.41, 5.74) is 2.07. The van der Waals surface area contributed by atoms with Gasteiger partial charge in [0.2, 0.25) is 11.9 Å². The van der Waals surface area contributed by atoms with E-state index in [1.807, 2.05) is 36.6 Å². The first-order valence-electron chi connectivity index (χ1n) is 12.2. The summed E-state index contributed by atoms with van der Waals surface area (Å²) >= 11 is 3.10. The van der Waals surface area contributed by atoms with E-state index in [1.165, 1.54) is 17.5 Å². The molecule has 10 heteroatoms. The van der Waals surface area contributed by atoms with Gasteiger partial charge >= 0.3 is 0 Å². The molecular weight excluding hydrogens is 509 g/mol. The van der Waals surface area contributed by atoms with Crippen LogP contribution in [-0.4, -0.2) is 26.0 Å². The zero-order valence-electron chi connectivity index (χ0n) is 20.4. The number of rotatable bonds is 8. The Bertz CT molecular complexity index is 1370. The summed E-state index contributed by atoms with van der Waals surface area (Å²) in [6.45, 7) is 1.89. The molecule has 1 amide bonds. The second-order valence-electron chi connectivity index (χ2n) is 9.35. The van der Waals surface area contributed by atoms with Gasteiger partial charge in [0.1, 0.15) is 17.3 Å². The van der Waals surface area contributed by atoms with E-state index < -0.39 is 12.3 Å². The van der Waals surface area contributed by atoms with E-state index >= 15 is 0 Å². The van der Waals surface area contributed by atoms with Crippen molar-refractivity contribution >= 4 is 40.2 Å². The minimum absolute atomic E-state index is 0.0519. The Morgan fingerprint density at radius 1 is 1.22 bits per heavy atom. The van der Waals surface area contributed by atoms with Crippen LogP contribution in [0.15, 0.2) is 54.2 Å². The number of thiophene rings is 1. The van der Waals surface area contributed by atoms with Crippen molar-refractivity contribution in [3.63, 3.8) is 0 Å². The number of aromatic nitrogens is 3. The number of carbonyl (C=O) groups is 1. The Hall–Kier alpha value is -3.21. The van der Waals surface area contributed by atoms with Crippen molar-refractivity contribution in [1.82, 2.24) is 20.3 Å². The lowest BCUT2D eigenvalue weighted by Gasteiger charge is -2.33. The summed E-state index contributed by atoms with van der Waals surface area (Å²) in [5.74, 6) is 0.293. The number of hydrogen-bond acceptors (Lipinski definition) is 8. The number of aryl methyl sites for hydroxylation is 1. The number of aliphatic hydroxyl groups is 1. The van der Waals surface area contributed by atoms with Crippen LogP contribution < -0.4 is 10.6 Å². The van der Waals surface area contributed by atoms with Crippen LogP contribution >= 0.6 is 22.7 Å². The number of hydrogen-bond donors (Lipinski definition) is 3. The fraction of sp³-hybridized carbons (Fsp3) is 0.333. The van der Waals surface area contributed by atoms with E-state index in [-0.39, 0.29) is 11.8 Å². The number of nitrogens with one attached hydrogen (secondary N) is 2. The number of nitrogens with zero attached hydrogens (tertiary/aromatic N) is 3. The van der Waals surface area contributed by atoms with Gasteiger partial charge < -0.3 is 15.7 Å². The molecule has 1 fully saturated rings. The van der Waals surface area contributed by atoms with Crippen LogP contribution in [0.5, 0.6) is 0 Å². The van der Waals surface area contributed by atoms with Crippen LogP contribution in [0, 0.1) is 12.8 Å². The predicted molar refractivity (Wildman–Crippen MR) is 144 cm³/mol. The molecule has 0 spiro atoms. The number of benzene rings is 1. The lowest BCUT2D eigenvalue weighted by atomic mass is 9.78. The van der Waals surface area contributed by atoms with Crippen LogP contribution in [0.4, 0.5) is 16.0 Å². The lowest BCUT2D eigenvalue weighted by Crippen LogP contribution is -2.38. The molecule has 1 saturated carbocycles. The second-order valence-corrected chi connectivity index (χ2v) is 11.4. The molecule has 192 valence electrons. The van der Waals surface area contributed by atoms with Gasteiger partial charge in [0, 0.05) is 28.9 Å². The molecule has 3 aromatic heterocycles. The number of halogens is 1. The highest BCUT2D eigenvalue weighted by atomic mass is 32.1. The average molecular weight is 538 g/mol. The molecule has 0 unspecified atom stereocenters. The van der Waals surface area contributed by atoms with Gasteiger partial charge in [-0.05, 0) is 73.4 Å². The van der Waals surface area contributed by atoms with E-state index in [4.69, 9.17) is 0 Å². The Balaban J connectivity index is 1.25. The molecule has 1 aliphatic carbocycles. The highest BCUT2D eigenvalue weighted by molar-refractivity contribution is 7.15. The fourth-order valence-corrected chi connectivity index (χ4v) is 6.28. The van der Waals surface area contributed by atoms with Crippen LogP contribution in [-0.2, 0) is 23.6 Å². The standard InChI is InChI=1S/C27H28FN5O2S2/c1-17-11-19(13-21(12-17)33-26-29-9-6-20(14-28)32-26)23-16-31-25(37-23)27(35)7-4-18(5-8-27)24(34)30-15-22-3-2-10-36-22/h2-3,6,9-13,16,18,35H,4-5,7-8,14-15H2,1H3,(H,30,34)(H,29,32,33).